The molecule has 0 spiro atoms. The van der Waals surface area contributed by atoms with Crippen LogP contribution in [0, 0.1) is 0 Å². The molecule has 4 nitrogen and oxygen atoms in total. The topological polar surface area (TPSA) is 74.6 Å². The summed E-state index contributed by atoms with van der Waals surface area (Å²) < 4.78 is 0. The van der Waals surface area contributed by atoms with Gasteiger partial charge in [0.15, 0.2) is 0 Å². The maximum atomic E-state index is 11.5. The smallest absolute Gasteiger partial charge is 0.336 e. The number of aromatic carboxylic acids is 2. The molecule has 1 aromatic rings. The van der Waals surface area contributed by atoms with Gasteiger partial charge in [-0.25, -0.2) is 9.59 Å². The first-order valence-corrected chi connectivity index (χ1v) is 6.56. The summed E-state index contributed by atoms with van der Waals surface area (Å²) in [6, 6.07) is 4.77. The lowest BCUT2D eigenvalue weighted by atomic mass is 9.69. The molecule has 0 heterocycles. The molecule has 2 rings (SSSR count). The minimum atomic E-state index is -1.18. The van der Waals surface area contributed by atoms with E-state index in [2.05, 4.69) is 0 Å². The summed E-state index contributed by atoms with van der Waals surface area (Å²) in [5, 5.41) is 18.5. The van der Waals surface area contributed by atoms with Crippen LogP contribution in [0.2, 0.25) is 0 Å². The molecule has 1 saturated carbocycles. The molecule has 1 aliphatic rings. The molecule has 1 aliphatic carbocycles. The van der Waals surface area contributed by atoms with E-state index < -0.39 is 11.9 Å². The van der Waals surface area contributed by atoms with Gasteiger partial charge in [0.25, 0.3) is 0 Å². The van der Waals surface area contributed by atoms with E-state index >= 15 is 0 Å². The summed E-state index contributed by atoms with van der Waals surface area (Å²) >= 11 is 0. The second kappa shape index (κ2) is 5.03. The van der Waals surface area contributed by atoms with Crippen molar-refractivity contribution in [2.24, 2.45) is 0 Å². The number of carbonyl (C=O) groups is 2. The van der Waals surface area contributed by atoms with E-state index in [1.807, 2.05) is 6.92 Å². The second-order valence-electron chi connectivity index (χ2n) is 5.46. The van der Waals surface area contributed by atoms with Crippen LogP contribution < -0.4 is 0 Å². The van der Waals surface area contributed by atoms with Crippen molar-refractivity contribution in [3.8, 4) is 0 Å². The first-order chi connectivity index (χ1) is 8.96. The highest BCUT2D eigenvalue weighted by Crippen LogP contribution is 2.41. The van der Waals surface area contributed by atoms with E-state index in [9.17, 15) is 14.7 Å². The normalized spacial score (nSPS) is 17.9. The molecule has 19 heavy (non-hydrogen) atoms. The minimum absolute atomic E-state index is 0.0422. The van der Waals surface area contributed by atoms with Gasteiger partial charge in [-0.1, -0.05) is 38.3 Å². The Morgan fingerprint density at radius 2 is 1.68 bits per heavy atom. The fourth-order valence-electron chi connectivity index (χ4n) is 3.07. The Morgan fingerprint density at radius 3 is 2.21 bits per heavy atom. The van der Waals surface area contributed by atoms with Crippen molar-refractivity contribution in [3.63, 3.8) is 0 Å². The van der Waals surface area contributed by atoms with Crippen LogP contribution in [0.4, 0.5) is 0 Å². The molecule has 0 aromatic heterocycles. The molecule has 1 aromatic carbocycles. The van der Waals surface area contributed by atoms with Crippen molar-refractivity contribution in [1.82, 2.24) is 0 Å². The summed E-state index contributed by atoms with van der Waals surface area (Å²) in [6.07, 6.45) is 5.11. The number of carboxylic acids is 2. The number of carboxylic acid groups (broad SMARTS) is 2. The zero-order valence-corrected chi connectivity index (χ0v) is 11.0. The van der Waals surface area contributed by atoms with Crippen LogP contribution in [0.1, 0.15) is 65.3 Å². The van der Waals surface area contributed by atoms with E-state index in [4.69, 9.17) is 5.11 Å². The second-order valence-corrected chi connectivity index (χ2v) is 5.46. The highest BCUT2D eigenvalue weighted by molar-refractivity contribution is 6.03. The molecule has 102 valence electrons. The maximum Gasteiger partial charge on any atom is 0.336 e. The molecule has 0 radical (unpaired) electrons. The largest absolute Gasteiger partial charge is 0.478 e. The standard InChI is InChI=1S/C15H18O4/c1-15(8-3-2-4-9-15)11-7-5-6-10(13(16)17)12(11)14(18)19/h5-7H,2-4,8-9H2,1H3,(H,16,17)(H,18,19). The zero-order chi connectivity index (χ0) is 14.0. The molecular weight excluding hydrogens is 244 g/mol. The Balaban J connectivity index is 2.59. The van der Waals surface area contributed by atoms with Crippen molar-refractivity contribution >= 4 is 11.9 Å². The molecule has 0 amide bonds. The third kappa shape index (κ3) is 2.48. The predicted molar refractivity (Wildman–Crippen MR) is 70.8 cm³/mol. The highest BCUT2D eigenvalue weighted by Gasteiger charge is 2.34. The van der Waals surface area contributed by atoms with Crippen molar-refractivity contribution < 1.29 is 19.8 Å². The quantitative estimate of drug-likeness (QED) is 0.876. The lowest BCUT2D eigenvalue weighted by Crippen LogP contribution is -2.28. The van der Waals surface area contributed by atoms with Gasteiger partial charge in [0.05, 0.1) is 11.1 Å². The molecule has 0 bridgehead atoms. The van der Waals surface area contributed by atoms with Crippen molar-refractivity contribution in [2.45, 2.75) is 44.4 Å². The van der Waals surface area contributed by atoms with Crippen LogP contribution >= 0.6 is 0 Å². The SMILES string of the molecule is CC1(c2cccc(C(=O)O)c2C(=O)O)CCCCC1. The molecular formula is C15H18O4. The van der Waals surface area contributed by atoms with Crippen LogP contribution in [0.5, 0.6) is 0 Å². The Labute approximate surface area is 112 Å². The summed E-state index contributed by atoms with van der Waals surface area (Å²) in [4.78, 5) is 22.7. The monoisotopic (exact) mass is 262 g/mol. The Morgan fingerprint density at radius 1 is 1.05 bits per heavy atom. The number of rotatable bonds is 3. The third-order valence-corrected chi connectivity index (χ3v) is 4.12. The summed E-state index contributed by atoms with van der Waals surface area (Å²) in [5.74, 6) is -2.33. The summed E-state index contributed by atoms with van der Waals surface area (Å²) in [7, 11) is 0. The lowest BCUT2D eigenvalue weighted by Gasteiger charge is -2.35. The van der Waals surface area contributed by atoms with Gasteiger partial charge in [0, 0.05) is 0 Å². The van der Waals surface area contributed by atoms with E-state index in [0.717, 1.165) is 32.1 Å². The average Bonchev–Trinajstić information content (AvgIpc) is 2.38. The number of hydrogen-bond acceptors (Lipinski definition) is 2. The van der Waals surface area contributed by atoms with Gasteiger partial charge >= 0.3 is 11.9 Å². The van der Waals surface area contributed by atoms with Crippen LogP contribution in [-0.4, -0.2) is 22.2 Å². The van der Waals surface area contributed by atoms with Gasteiger partial charge in [0.2, 0.25) is 0 Å². The Hall–Kier alpha value is -1.84. The van der Waals surface area contributed by atoms with E-state index in [1.54, 1.807) is 12.1 Å². The van der Waals surface area contributed by atoms with Crippen molar-refractivity contribution in [3.05, 3.63) is 34.9 Å². The fourth-order valence-corrected chi connectivity index (χ4v) is 3.07. The average molecular weight is 262 g/mol. The maximum absolute atomic E-state index is 11.5. The van der Waals surface area contributed by atoms with E-state index in [-0.39, 0.29) is 16.5 Å². The molecule has 1 fully saturated rings. The summed E-state index contributed by atoms with van der Waals surface area (Å²) in [5.41, 5.74) is 0.285. The predicted octanol–water partition coefficient (Wildman–Crippen LogP) is 3.30. The first kappa shape index (κ1) is 13.6. The number of benzene rings is 1. The van der Waals surface area contributed by atoms with Gasteiger partial charge in [-0.05, 0) is 29.9 Å². The van der Waals surface area contributed by atoms with E-state index in [0.29, 0.717) is 5.56 Å². The fraction of sp³-hybridized carbons (Fsp3) is 0.467. The van der Waals surface area contributed by atoms with Gasteiger partial charge in [-0.3, -0.25) is 0 Å². The minimum Gasteiger partial charge on any atom is -0.478 e. The molecule has 0 saturated heterocycles. The van der Waals surface area contributed by atoms with Crippen molar-refractivity contribution in [1.29, 1.82) is 0 Å². The van der Waals surface area contributed by atoms with Gasteiger partial charge in [0.1, 0.15) is 0 Å². The van der Waals surface area contributed by atoms with Gasteiger partial charge in [-0.15, -0.1) is 0 Å². The zero-order valence-electron chi connectivity index (χ0n) is 11.0. The van der Waals surface area contributed by atoms with Crippen LogP contribution in [0.3, 0.4) is 0 Å². The molecule has 0 atom stereocenters. The molecule has 2 N–H and O–H groups in total. The van der Waals surface area contributed by atoms with Crippen LogP contribution in [0.25, 0.3) is 0 Å². The summed E-state index contributed by atoms with van der Waals surface area (Å²) in [6.45, 7) is 2.04. The molecule has 0 unspecified atom stereocenters. The number of hydrogen-bond donors (Lipinski definition) is 2. The van der Waals surface area contributed by atoms with Crippen LogP contribution in [0.15, 0.2) is 18.2 Å². The van der Waals surface area contributed by atoms with E-state index in [1.165, 1.54) is 6.07 Å². The lowest BCUT2D eigenvalue weighted by molar-refractivity contribution is 0.0648. The molecule has 4 heteroatoms. The first-order valence-electron chi connectivity index (χ1n) is 6.56. The highest BCUT2D eigenvalue weighted by atomic mass is 16.4. The Kier molecular flexibility index (Phi) is 3.60. The van der Waals surface area contributed by atoms with Gasteiger partial charge in [-0.2, -0.15) is 0 Å². The van der Waals surface area contributed by atoms with Crippen LogP contribution in [-0.2, 0) is 5.41 Å². The Bertz CT molecular complexity index is 513. The van der Waals surface area contributed by atoms with Gasteiger partial charge < -0.3 is 10.2 Å². The third-order valence-electron chi connectivity index (χ3n) is 4.12. The molecule has 0 aliphatic heterocycles. The van der Waals surface area contributed by atoms with Crippen molar-refractivity contribution in [2.75, 3.05) is 0 Å².